The molecular weight excluding hydrogens is 321 g/mol. The van der Waals surface area contributed by atoms with Crippen molar-refractivity contribution in [3.8, 4) is 11.8 Å². The third-order valence-electron chi connectivity index (χ3n) is 3.49. The van der Waals surface area contributed by atoms with Crippen LogP contribution < -0.4 is 9.97 Å². The van der Waals surface area contributed by atoms with Crippen LogP contribution in [0, 0.1) is 11.3 Å². The normalized spacial score (nSPS) is 9.84. The first-order valence-electron chi connectivity index (χ1n) is 7.62. The molecule has 2 amide bonds. The van der Waals surface area contributed by atoms with Crippen LogP contribution in [-0.2, 0) is 6.42 Å². The minimum absolute atomic E-state index is 0.265. The van der Waals surface area contributed by atoms with Gasteiger partial charge in [0.1, 0.15) is 5.75 Å². The number of hydrogen-bond donors (Lipinski definition) is 3. The summed E-state index contributed by atoms with van der Waals surface area (Å²) in [5.41, 5.74) is 2.03. The molecule has 0 fully saturated rings. The zero-order valence-electron chi connectivity index (χ0n) is 13.7. The second kappa shape index (κ2) is 8.73. The van der Waals surface area contributed by atoms with Crippen LogP contribution in [0.15, 0.2) is 48.5 Å². The van der Waals surface area contributed by atoms with E-state index in [9.17, 15) is 4.79 Å². The highest BCUT2D eigenvalue weighted by Gasteiger charge is 2.11. The molecule has 128 valence electrons. The van der Waals surface area contributed by atoms with E-state index in [0.29, 0.717) is 30.0 Å². The van der Waals surface area contributed by atoms with E-state index in [4.69, 9.17) is 20.0 Å². The zero-order chi connectivity index (χ0) is 18.2. The van der Waals surface area contributed by atoms with Crippen molar-refractivity contribution < 1.29 is 19.5 Å². The summed E-state index contributed by atoms with van der Waals surface area (Å²) in [5.74, 6) is 0.349. The van der Waals surface area contributed by atoms with Gasteiger partial charge in [-0.25, -0.2) is 4.79 Å². The molecule has 0 aliphatic carbocycles. The maximum atomic E-state index is 12.2. The molecule has 7 nitrogen and oxygen atoms in total. The lowest BCUT2D eigenvalue weighted by atomic mass is 10.1. The van der Waals surface area contributed by atoms with Crippen LogP contribution >= 0.6 is 0 Å². The second-order valence-electron chi connectivity index (χ2n) is 5.38. The first-order chi connectivity index (χ1) is 12.0. The third-order valence-corrected chi connectivity index (χ3v) is 3.49. The SMILES string of the molecule is CN(CCc1ccc(OB(O)O)cc1)C(=O)Nc1cccc(C#N)c1. The molecule has 2 aromatic rings. The van der Waals surface area contributed by atoms with Crippen molar-refractivity contribution in [1.29, 1.82) is 5.26 Å². The molecule has 0 radical (unpaired) electrons. The summed E-state index contributed by atoms with van der Waals surface area (Å²) in [6, 6.07) is 15.3. The Bertz CT molecular complexity index is 759. The van der Waals surface area contributed by atoms with Crippen molar-refractivity contribution in [2.24, 2.45) is 0 Å². The number of carbonyl (C=O) groups excluding carboxylic acids is 1. The minimum Gasteiger partial charge on any atom is -0.512 e. The Labute approximate surface area is 146 Å². The number of urea groups is 1. The summed E-state index contributed by atoms with van der Waals surface area (Å²) in [6.07, 6.45) is 0.629. The number of benzene rings is 2. The van der Waals surface area contributed by atoms with Crippen molar-refractivity contribution in [3.63, 3.8) is 0 Å². The van der Waals surface area contributed by atoms with E-state index < -0.39 is 7.32 Å². The van der Waals surface area contributed by atoms with E-state index in [1.165, 1.54) is 0 Å². The van der Waals surface area contributed by atoms with Crippen LogP contribution in [0.4, 0.5) is 10.5 Å². The molecule has 3 N–H and O–H groups in total. The van der Waals surface area contributed by atoms with Crippen LogP contribution in [0.5, 0.6) is 5.75 Å². The average molecular weight is 339 g/mol. The molecule has 0 heterocycles. The highest BCUT2D eigenvalue weighted by Crippen LogP contribution is 2.14. The van der Waals surface area contributed by atoms with Gasteiger partial charge >= 0.3 is 13.4 Å². The molecule has 0 aliphatic rings. The summed E-state index contributed by atoms with van der Waals surface area (Å²) in [5, 5.41) is 29.1. The zero-order valence-corrected chi connectivity index (χ0v) is 13.7. The Morgan fingerprint density at radius 3 is 2.64 bits per heavy atom. The lowest BCUT2D eigenvalue weighted by molar-refractivity contribution is 0.223. The van der Waals surface area contributed by atoms with E-state index in [1.807, 2.05) is 6.07 Å². The molecule has 25 heavy (non-hydrogen) atoms. The van der Waals surface area contributed by atoms with Crippen LogP contribution in [0.25, 0.3) is 0 Å². The molecular formula is C17H18BN3O4. The number of nitriles is 1. The smallest absolute Gasteiger partial charge is 0.512 e. The summed E-state index contributed by atoms with van der Waals surface area (Å²) < 4.78 is 4.73. The van der Waals surface area contributed by atoms with Crippen molar-refractivity contribution in [3.05, 3.63) is 59.7 Å². The van der Waals surface area contributed by atoms with Crippen LogP contribution in [0.1, 0.15) is 11.1 Å². The molecule has 0 bridgehead atoms. The molecule has 0 unspecified atom stereocenters. The van der Waals surface area contributed by atoms with E-state index >= 15 is 0 Å². The monoisotopic (exact) mass is 339 g/mol. The van der Waals surface area contributed by atoms with Crippen LogP contribution in [-0.4, -0.2) is 41.9 Å². The first kappa shape index (κ1) is 18.3. The lowest BCUT2D eigenvalue weighted by Gasteiger charge is -2.18. The van der Waals surface area contributed by atoms with Crippen LogP contribution in [0.2, 0.25) is 0 Å². The number of nitrogens with one attached hydrogen (secondary N) is 1. The van der Waals surface area contributed by atoms with E-state index in [-0.39, 0.29) is 6.03 Å². The molecule has 0 saturated heterocycles. The number of amides is 2. The van der Waals surface area contributed by atoms with Gasteiger partial charge in [-0.3, -0.25) is 0 Å². The largest absolute Gasteiger partial charge is 0.707 e. The maximum absolute atomic E-state index is 12.2. The number of hydrogen-bond acceptors (Lipinski definition) is 5. The second-order valence-corrected chi connectivity index (χ2v) is 5.38. The standard InChI is InChI=1S/C17H18BN3O4/c1-21(17(22)20-15-4-2-3-14(11-15)12-19)10-9-13-5-7-16(8-6-13)25-18(23)24/h2-8,11,23-24H,9-10H2,1H3,(H,20,22). The van der Waals surface area contributed by atoms with Gasteiger partial charge in [-0.15, -0.1) is 0 Å². The maximum Gasteiger partial charge on any atom is 0.707 e. The van der Waals surface area contributed by atoms with Gasteiger partial charge in [0.25, 0.3) is 0 Å². The quantitative estimate of drug-likeness (QED) is 0.694. The Balaban J connectivity index is 1.85. The predicted octanol–water partition coefficient (Wildman–Crippen LogP) is 1.61. The van der Waals surface area contributed by atoms with Gasteiger partial charge in [-0.1, -0.05) is 18.2 Å². The third kappa shape index (κ3) is 5.84. The Morgan fingerprint density at radius 2 is 2.00 bits per heavy atom. The van der Waals surface area contributed by atoms with Crippen molar-refractivity contribution in [2.45, 2.75) is 6.42 Å². The lowest BCUT2D eigenvalue weighted by Crippen LogP contribution is -2.33. The minimum atomic E-state index is -1.85. The van der Waals surface area contributed by atoms with Gasteiger partial charge in [0.15, 0.2) is 0 Å². The van der Waals surface area contributed by atoms with Gasteiger partial charge in [0, 0.05) is 19.3 Å². The number of rotatable bonds is 6. The summed E-state index contributed by atoms with van der Waals surface area (Å²) in [7, 11) is -0.163. The summed E-state index contributed by atoms with van der Waals surface area (Å²) in [4.78, 5) is 13.7. The van der Waals surface area contributed by atoms with E-state index in [2.05, 4.69) is 5.32 Å². The molecule has 0 aromatic heterocycles. The average Bonchev–Trinajstić information content (AvgIpc) is 2.60. The Hall–Kier alpha value is -3.02. The fourth-order valence-corrected chi connectivity index (χ4v) is 2.14. The fraction of sp³-hybridized carbons (Fsp3) is 0.176. The fourth-order valence-electron chi connectivity index (χ4n) is 2.14. The Kier molecular flexibility index (Phi) is 6.40. The molecule has 8 heteroatoms. The molecule has 2 aromatic carbocycles. The van der Waals surface area contributed by atoms with Gasteiger partial charge in [0.05, 0.1) is 11.6 Å². The summed E-state index contributed by atoms with van der Waals surface area (Å²) >= 11 is 0. The van der Waals surface area contributed by atoms with Crippen molar-refractivity contribution >= 4 is 19.0 Å². The Morgan fingerprint density at radius 1 is 1.28 bits per heavy atom. The molecule has 0 atom stereocenters. The van der Waals surface area contributed by atoms with Crippen LogP contribution in [0.3, 0.4) is 0 Å². The first-order valence-corrected chi connectivity index (χ1v) is 7.62. The number of nitrogens with zero attached hydrogens (tertiary/aromatic N) is 2. The number of carbonyl (C=O) groups is 1. The molecule has 0 saturated carbocycles. The van der Waals surface area contributed by atoms with Gasteiger partial charge in [-0.05, 0) is 42.3 Å². The van der Waals surface area contributed by atoms with Gasteiger partial charge in [0.2, 0.25) is 0 Å². The number of likely N-dealkylation sites (N-methyl/N-ethyl adjacent to an activating group) is 1. The molecule has 0 spiro atoms. The highest BCUT2D eigenvalue weighted by molar-refractivity contribution is 6.33. The summed E-state index contributed by atoms with van der Waals surface area (Å²) in [6.45, 7) is 0.493. The highest BCUT2D eigenvalue weighted by atomic mass is 16.6. The molecule has 0 aliphatic heterocycles. The van der Waals surface area contributed by atoms with Crippen molar-refractivity contribution in [1.82, 2.24) is 4.90 Å². The van der Waals surface area contributed by atoms with Gasteiger partial charge in [-0.2, -0.15) is 5.26 Å². The topological polar surface area (TPSA) is 106 Å². The number of anilines is 1. The van der Waals surface area contributed by atoms with Gasteiger partial charge < -0.3 is 24.9 Å². The predicted molar refractivity (Wildman–Crippen MR) is 93.8 cm³/mol. The molecule has 2 rings (SSSR count). The van der Waals surface area contributed by atoms with E-state index in [1.54, 1.807) is 60.5 Å². The van der Waals surface area contributed by atoms with Crippen molar-refractivity contribution in [2.75, 3.05) is 18.9 Å². The van der Waals surface area contributed by atoms with E-state index in [0.717, 1.165) is 5.56 Å².